The maximum Gasteiger partial charge on any atom is 0.320 e. The van der Waals surface area contributed by atoms with E-state index in [9.17, 15) is 9.90 Å². The van der Waals surface area contributed by atoms with E-state index in [0.717, 1.165) is 23.3 Å². The molecule has 0 bridgehead atoms. The third-order valence-corrected chi connectivity index (χ3v) is 5.24. The zero-order valence-electron chi connectivity index (χ0n) is 14.5. The highest BCUT2D eigenvalue weighted by Gasteiger charge is 2.37. The molecule has 4 nitrogen and oxygen atoms in total. The molecule has 2 atom stereocenters. The van der Waals surface area contributed by atoms with E-state index in [-0.39, 0.29) is 6.04 Å². The van der Waals surface area contributed by atoms with Crippen LogP contribution in [0.2, 0.25) is 10.0 Å². The van der Waals surface area contributed by atoms with Crippen molar-refractivity contribution in [2.24, 2.45) is 0 Å². The van der Waals surface area contributed by atoms with E-state index in [4.69, 9.17) is 27.9 Å². The van der Waals surface area contributed by atoms with Crippen LogP contribution in [-0.4, -0.2) is 35.2 Å². The molecule has 0 aromatic heterocycles. The molecular weight excluding hydrogens is 373 g/mol. The van der Waals surface area contributed by atoms with Gasteiger partial charge in [-0.2, -0.15) is 0 Å². The Morgan fingerprint density at radius 1 is 1.27 bits per heavy atom. The van der Waals surface area contributed by atoms with Crippen molar-refractivity contribution in [2.45, 2.75) is 31.8 Å². The van der Waals surface area contributed by atoms with Crippen molar-refractivity contribution in [2.75, 3.05) is 13.2 Å². The van der Waals surface area contributed by atoms with Gasteiger partial charge in [0.1, 0.15) is 11.8 Å². The minimum Gasteiger partial charge on any atom is -0.494 e. The number of aliphatic carboxylic acids is 1. The summed E-state index contributed by atoms with van der Waals surface area (Å²) in [5.41, 5.74) is 1.83. The van der Waals surface area contributed by atoms with Gasteiger partial charge >= 0.3 is 5.97 Å². The summed E-state index contributed by atoms with van der Waals surface area (Å²) in [6, 6.07) is 12.3. The molecule has 1 fully saturated rings. The molecule has 0 spiro atoms. The molecule has 1 saturated heterocycles. The topological polar surface area (TPSA) is 49.8 Å². The van der Waals surface area contributed by atoms with Crippen LogP contribution in [-0.2, 0) is 4.79 Å². The fourth-order valence-corrected chi connectivity index (χ4v) is 4.06. The van der Waals surface area contributed by atoms with E-state index >= 15 is 0 Å². The van der Waals surface area contributed by atoms with E-state index in [0.29, 0.717) is 29.6 Å². The van der Waals surface area contributed by atoms with Crippen molar-refractivity contribution >= 4 is 29.2 Å². The van der Waals surface area contributed by atoms with E-state index in [1.165, 1.54) is 0 Å². The second kappa shape index (κ2) is 8.30. The number of carbonyl (C=O) groups is 1. The highest BCUT2D eigenvalue weighted by molar-refractivity contribution is 6.35. The summed E-state index contributed by atoms with van der Waals surface area (Å²) in [6.45, 7) is 3.23. The number of carboxylic acid groups (broad SMARTS) is 1. The average Bonchev–Trinajstić information content (AvgIpc) is 3.08. The van der Waals surface area contributed by atoms with E-state index in [1.807, 2.05) is 42.2 Å². The molecule has 1 aliphatic rings. The molecule has 0 aliphatic carbocycles. The molecule has 2 aromatic carbocycles. The average molecular weight is 394 g/mol. The Kier molecular flexibility index (Phi) is 6.07. The molecule has 26 heavy (non-hydrogen) atoms. The van der Waals surface area contributed by atoms with Crippen LogP contribution >= 0.6 is 23.2 Å². The number of hydrogen-bond acceptors (Lipinski definition) is 3. The van der Waals surface area contributed by atoms with Gasteiger partial charge in [-0.15, -0.1) is 0 Å². The number of hydrogen-bond donors (Lipinski definition) is 1. The van der Waals surface area contributed by atoms with Gasteiger partial charge in [0.2, 0.25) is 0 Å². The molecule has 2 unspecified atom stereocenters. The maximum absolute atomic E-state index is 11.7. The van der Waals surface area contributed by atoms with Gasteiger partial charge in [0, 0.05) is 16.6 Å². The molecule has 0 amide bonds. The Hall–Kier alpha value is -1.75. The largest absolute Gasteiger partial charge is 0.494 e. The normalized spacial score (nSPS) is 18.7. The summed E-state index contributed by atoms with van der Waals surface area (Å²) >= 11 is 12.5. The lowest BCUT2D eigenvalue weighted by molar-refractivity contribution is -0.142. The SMILES string of the molecule is CCOc1ccc(C(c2ccc(Cl)cc2Cl)N2CCCC2C(=O)O)cc1. The van der Waals surface area contributed by atoms with Gasteiger partial charge in [-0.05, 0) is 55.2 Å². The van der Waals surface area contributed by atoms with Gasteiger partial charge in [0.05, 0.1) is 12.6 Å². The molecule has 0 radical (unpaired) electrons. The molecule has 2 aromatic rings. The Morgan fingerprint density at radius 3 is 2.62 bits per heavy atom. The summed E-state index contributed by atoms with van der Waals surface area (Å²) < 4.78 is 5.52. The van der Waals surface area contributed by atoms with Crippen molar-refractivity contribution < 1.29 is 14.6 Å². The van der Waals surface area contributed by atoms with Gasteiger partial charge in [-0.3, -0.25) is 9.69 Å². The van der Waals surface area contributed by atoms with Crippen molar-refractivity contribution in [3.63, 3.8) is 0 Å². The van der Waals surface area contributed by atoms with Gasteiger partial charge in [0.15, 0.2) is 0 Å². The van der Waals surface area contributed by atoms with Crippen molar-refractivity contribution in [3.05, 3.63) is 63.6 Å². The van der Waals surface area contributed by atoms with E-state index in [1.54, 1.807) is 12.1 Å². The molecule has 0 saturated carbocycles. The first-order valence-corrected chi connectivity index (χ1v) is 9.43. The fraction of sp³-hybridized carbons (Fsp3) is 0.350. The number of halogens is 2. The summed E-state index contributed by atoms with van der Waals surface area (Å²) in [7, 11) is 0. The third kappa shape index (κ3) is 3.98. The van der Waals surface area contributed by atoms with Crippen LogP contribution in [0.3, 0.4) is 0 Å². The zero-order valence-corrected chi connectivity index (χ0v) is 16.0. The first kappa shape index (κ1) is 19.0. The summed E-state index contributed by atoms with van der Waals surface area (Å²) in [5.74, 6) is -0.0167. The summed E-state index contributed by atoms with van der Waals surface area (Å²) in [4.78, 5) is 13.7. The van der Waals surface area contributed by atoms with Gasteiger partial charge in [0.25, 0.3) is 0 Å². The lowest BCUT2D eigenvalue weighted by Gasteiger charge is -2.32. The quantitative estimate of drug-likeness (QED) is 0.747. The smallest absolute Gasteiger partial charge is 0.320 e. The molecule has 6 heteroatoms. The number of ether oxygens (including phenoxy) is 1. The van der Waals surface area contributed by atoms with Crippen LogP contribution in [0, 0.1) is 0 Å². The predicted octanol–water partition coefficient (Wildman–Crippen LogP) is 5.03. The standard InChI is InChI=1S/C20H21Cl2NO3/c1-2-26-15-8-5-13(6-9-15)19(16-10-7-14(21)12-17(16)22)23-11-3-4-18(23)20(24)25/h5-10,12,18-19H,2-4,11H2,1H3,(H,24,25). The van der Waals surface area contributed by atoms with Crippen LogP contribution in [0.4, 0.5) is 0 Å². The van der Waals surface area contributed by atoms with E-state index < -0.39 is 12.0 Å². The molecule has 1 aliphatic heterocycles. The van der Waals surface area contributed by atoms with Gasteiger partial charge in [-0.1, -0.05) is 41.4 Å². The highest BCUT2D eigenvalue weighted by Crippen LogP contribution is 2.39. The Labute approximate surface area is 163 Å². The number of rotatable bonds is 6. The van der Waals surface area contributed by atoms with E-state index in [2.05, 4.69) is 0 Å². The minimum atomic E-state index is -0.802. The van der Waals surface area contributed by atoms with Crippen molar-refractivity contribution in [1.82, 2.24) is 4.90 Å². The second-order valence-corrected chi connectivity index (χ2v) is 7.15. The third-order valence-electron chi connectivity index (χ3n) is 4.67. The first-order valence-electron chi connectivity index (χ1n) is 8.67. The monoisotopic (exact) mass is 393 g/mol. The number of likely N-dealkylation sites (tertiary alicyclic amines) is 1. The van der Waals surface area contributed by atoms with Crippen LogP contribution in [0.15, 0.2) is 42.5 Å². The van der Waals surface area contributed by atoms with Crippen molar-refractivity contribution in [1.29, 1.82) is 0 Å². The van der Waals surface area contributed by atoms with Crippen LogP contribution in [0.5, 0.6) is 5.75 Å². The number of benzene rings is 2. The zero-order chi connectivity index (χ0) is 18.7. The predicted molar refractivity (Wildman–Crippen MR) is 103 cm³/mol. The summed E-state index contributed by atoms with van der Waals surface area (Å²) in [5, 5.41) is 10.7. The highest BCUT2D eigenvalue weighted by atomic mass is 35.5. The minimum absolute atomic E-state index is 0.251. The van der Waals surface area contributed by atoms with Crippen LogP contribution in [0.25, 0.3) is 0 Å². The van der Waals surface area contributed by atoms with Crippen LogP contribution in [0.1, 0.15) is 36.9 Å². The molecule has 1 heterocycles. The maximum atomic E-state index is 11.7. The summed E-state index contributed by atoms with van der Waals surface area (Å²) in [6.07, 6.45) is 1.48. The molecule has 138 valence electrons. The lowest BCUT2D eigenvalue weighted by atomic mass is 9.96. The first-order chi connectivity index (χ1) is 12.5. The molecular formula is C20H21Cl2NO3. The fourth-order valence-electron chi connectivity index (χ4n) is 3.55. The second-order valence-electron chi connectivity index (χ2n) is 6.30. The number of carboxylic acids is 1. The van der Waals surface area contributed by atoms with Gasteiger partial charge in [-0.25, -0.2) is 0 Å². The lowest BCUT2D eigenvalue weighted by Crippen LogP contribution is -2.39. The van der Waals surface area contributed by atoms with Crippen LogP contribution < -0.4 is 4.74 Å². The molecule has 3 rings (SSSR count). The number of nitrogens with zero attached hydrogens (tertiary/aromatic N) is 1. The van der Waals surface area contributed by atoms with Gasteiger partial charge < -0.3 is 9.84 Å². The Bertz CT molecular complexity index is 779. The molecule has 1 N–H and O–H groups in total. The Morgan fingerprint density at radius 2 is 2.00 bits per heavy atom. The Balaban J connectivity index is 2.05. The van der Waals surface area contributed by atoms with Crippen molar-refractivity contribution in [3.8, 4) is 5.75 Å².